The van der Waals surface area contributed by atoms with Gasteiger partial charge in [-0.05, 0) is 83.2 Å². The highest BCUT2D eigenvalue weighted by Gasteiger charge is 2.56. The smallest absolute Gasteiger partial charge is 0.328 e. The molecule has 18 nitrogen and oxygen atoms in total. The van der Waals surface area contributed by atoms with Gasteiger partial charge in [0.1, 0.15) is 17.6 Å². The van der Waals surface area contributed by atoms with E-state index in [2.05, 4.69) is 0 Å². The number of imide groups is 6. The van der Waals surface area contributed by atoms with Gasteiger partial charge in [-0.3, -0.25) is 57.5 Å². The molecule has 5 fully saturated rings. The molecule has 0 bridgehead atoms. The van der Waals surface area contributed by atoms with Crippen LogP contribution in [0.2, 0.25) is 37.8 Å². The molecule has 0 aromatic carbocycles. The van der Waals surface area contributed by atoms with Crippen molar-refractivity contribution in [3.63, 3.8) is 0 Å². The predicted octanol–water partition coefficient (Wildman–Crippen LogP) is 5.64. The van der Waals surface area contributed by atoms with Crippen molar-refractivity contribution < 1.29 is 74.6 Å². The standard InChI is InChI=1S/C47H70N2O16Si3/c1-9-33(50)41-35(52)25-29(43(41)58)17-13-21-47(5)62-66(6,22-14-18-30-26-36(53)42(44(30)59)34(51)10-2)64-68(8,24-16-20-32-28-40(57)49(46(32)61)38(55)12-4)65-67(7,63-47)23-15-19-31-27-39(56)48(45(31)60)37(54)11-3/h29-32,41-42H,9-28H2,1-8H3. The summed E-state index contributed by atoms with van der Waals surface area (Å²) in [6.45, 7) is 13.8. The van der Waals surface area contributed by atoms with E-state index in [1.165, 1.54) is 0 Å². The summed E-state index contributed by atoms with van der Waals surface area (Å²) in [5.41, 5.74) is 0. The van der Waals surface area contributed by atoms with Gasteiger partial charge in [-0.1, -0.05) is 47.0 Å². The molecule has 0 aromatic rings. The zero-order valence-electron chi connectivity index (χ0n) is 41.0. The summed E-state index contributed by atoms with van der Waals surface area (Å²) < 4.78 is 28.8. The molecule has 2 saturated carbocycles. The van der Waals surface area contributed by atoms with E-state index in [9.17, 15) is 57.5 Å². The summed E-state index contributed by atoms with van der Waals surface area (Å²) in [4.78, 5) is 156. The molecule has 0 aromatic heterocycles. The van der Waals surface area contributed by atoms with E-state index in [1.54, 1.807) is 34.6 Å². The van der Waals surface area contributed by atoms with E-state index in [0.717, 1.165) is 9.80 Å². The molecule has 3 saturated heterocycles. The SMILES string of the molecule is CCC(=O)C1C(=O)CC(CCCC2(C)O[Si](C)(CCCC3CC(=O)C(C(=O)CC)C3=O)O[Si](C)(CCCC3CC(=O)N(C(=O)CC)C3=O)O[Si](C)(CCCC3CC(=O)N(C(=O)CC)C3=O)O2)C1=O. The van der Waals surface area contributed by atoms with Crippen LogP contribution in [0, 0.1) is 35.5 Å². The van der Waals surface area contributed by atoms with Crippen molar-refractivity contribution in [2.24, 2.45) is 35.5 Å². The molecule has 0 N–H and O–H groups in total. The molecular weight excluding hydrogens is 933 g/mol. The Bertz CT molecular complexity index is 1800. The first kappa shape index (κ1) is 55.1. The summed E-state index contributed by atoms with van der Waals surface area (Å²) in [5.74, 6) is -12.1. The minimum absolute atomic E-state index is 0.00268. The third kappa shape index (κ3) is 12.5. The topological polar surface area (TPSA) is 248 Å². The van der Waals surface area contributed by atoms with E-state index in [1.807, 2.05) is 19.6 Å². The van der Waals surface area contributed by atoms with Gasteiger partial charge in [-0.25, -0.2) is 9.80 Å². The van der Waals surface area contributed by atoms with Crippen molar-refractivity contribution >= 4 is 95.8 Å². The molecule has 10 atom stereocenters. The van der Waals surface area contributed by atoms with Gasteiger partial charge >= 0.3 is 25.7 Å². The Morgan fingerprint density at radius 3 is 1.24 bits per heavy atom. The van der Waals surface area contributed by atoms with Crippen LogP contribution in [-0.4, -0.2) is 111 Å². The second kappa shape index (κ2) is 22.5. The highest BCUT2D eigenvalue weighted by molar-refractivity contribution is 6.86. The molecule has 0 spiro atoms. The monoisotopic (exact) mass is 1000 g/mol. The molecule has 0 radical (unpaired) electrons. The molecule has 2 aliphatic carbocycles. The maximum Gasteiger partial charge on any atom is 0.328 e. The van der Waals surface area contributed by atoms with Crippen molar-refractivity contribution in [2.75, 3.05) is 0 Å². The second-order valence-corrected chi connectivity index (χ2v) is 30.3. The molecule has 21 heteroatoms. The number of ketones is 6. The van der Waals surface area contributed by atoms with Crippen LogP contribution in [0.1, 0.15) is 144 Å². The van der Waals surface area contributed by atoms with Crippen molar-refractivity contribution in [3.05, 3.63) is 0 Å². The molecule has 5 rings (SSSR count). The molecule has 5 aliphatic rings. The third-order valence-electron chi connectivity index (χ3n) is 14.3. The summed E-state index contributed by atoms with van der Waals surface area (Å²) in [7, 11) is -10.4. The maximum atomic E-state index is 13.3. The average Bonchev–Trinajstić information content (AvgIpc) is 3.91. The number of carbonyl (C=O) groups is 12. The van der Waals surface area contributed by atoms with Gasteiger partial charge in [0.25, 0.3) is 0 Å². The maximum absolute atomic E-state index is 13.3. The van der Waals surface area contributed by atoms with Gasteiger partial charge in [-0.15, -0.1) is 0 Å². The van der Waals surface area contributed by atoms with Crippen LogP contribution < -0.4 is 0 Å². The van der Waals surface area contributed by atoms with Crippen LogP contribution >= 0.6 is 0 Å². The van der Waals surface area contributed by atoms with Gasteiger partial charge in [0.15, 0.2) is 34.7 Å². The van der Waals surface area contributed by atoms with E-state index in [4.69, 9.17) is 17.1 Å². The van der Waals surface area contributed by atoms with Crippen molar-refractivity contribution in [3.8, 4) is 0 Å². The van der Waals surface area contributed by atoms with Gasteiger partial charge in [0, 0.05) is 75.0 Å². The number of nitrogens with zero attached hydrogens (tertiary/aromatic N) is 2. The molecule has 10 unspecified atom stereocenters. The van der Waals surface area contributed by atoms with E-state index in [-0.39, 0.29) is 100 Å². The normalized spacial score (nSPS) is 33.5. The highest BCUT2D eigenvalue weighted by Crippen LogP contribution is 2.43. The number of hydrogen-bond donors (Lipinski definition) is 0. The first-order valence-corrected chi connectivity index (χ1v) is 32.2. The fourth-order valence-corrected chi connectivity index (χ4v) is 25.7. The Morgan fingerprint density at radius 2 is 0.868 bits per heavy atom. The number of likely N-dealkylation sites (tertiary alicyclic amines) is 2. The van der Waals surface area contributed by atoms with Crippen molar-refractivity contribution in [1.29, 1.82) is 0 Å². The van der Waals surface area contributed by atoms with Crippen LogP contribution in [0.4, 0.5) is 0 Å². The van der Waals surface area contributed by atoms with Gasteiger partial charge in [0.2, 0.25) is 35.4 Å². The molecular formula is C47H70N2O16Si3. The van der Waals surface area contributed by atoms with Gasteiger partial charge < -0.3 is 17.1 Å². The third-order valence-corrected chi connectivity index (χ3v) is 26.7. The van der Waals surface area contributed by atoms with Crippen molar-refractivity contribution in [2.45, 2.75) is 187 Å². The lowest BCUT2D eigenvalue weighted by atomic mass is 9.93. The van der Waals surface area contributed by atoms with Gasteiger partial charge in [0.05, 0.1) is 0 Å². The minimum atomic E-state index is -3.47. The number of hydrogen-bond acceptors (Lipinski definition) is 16. The highest BCUT2D eigenvalue weighted by atomic mass is 28.5. The largest absolute Gasteiger partial charge is 0.415 e. The summed E-state index contributed by atoms with van der Waals surface area (Å²) >= 11 is 0. The fourth-order valence-electron chi connectivity index (χ4n) is 11.0. The number of carbonyl (C=O) groups excluding carboxylic acids is 12. The Labute approximate surface area is 401 Å². The molecule has 376 valence electrons. The van der Waals surface area contributed by atoms with Crippen molar-refractivity contribution in [1.82, 2.24) is 9.80 Å². The molecule has 6 amide bonds. The zero-order valence-corrected chi connectivity index (χ0v) is 44.0. The minimum Gasteiger partial charge on any atom is -0.415 e. The summed E-state index contributed by atoms with van der Waals surface area (Å²) in [6, 6.07) is 0.966. The summed E-state index contributed by atoms with van der Waals surface area (Å²) in [6.07, 6.45) is 2.76. The summed E-state index contributed by atoms with van der Waals surface area (Å²) in [5, 5.41) is 0. The average molecular weight is 1000 g/mol. The van der Waals surface area contributed by atoms with E-state index < -0.39 is 114 Å². The van der Waals surface area contributed by atoms with E-state index in [0.29, 0.717) is 50.2 Å². The second-order valence-electron chi connectivity index (χ2n) is 20.0. The predicted molar refractivity (Wildman–Crippen MR) is 248 cm³/mol. The Kier molecular flexibility index (Phi) is 18.2. The molecule has 3 aliphatic heterocycles. The first-order valence-electron chi connectivity index (χ1n) is 24.6. The number of rotatable bonds is 22. The van der Waals surface area contributed by atoms with Crippen LogP contribution in [0.3, 0.4) is 0 Å². The fraction of sp³-hybridized carbons (Fsp3) is 0.745. The lowest BCUT2D eigenvalue weighted by Crippen LogP contribution is -2.65. The molecule has 3 heterocycles. The first-order chi connectivity index (χ1) is 31.9. The van der Waals surface area contributed by atoms with Crippen LogP contribution in [0.25, 0.3) is 0 Å². The van der Waals surface area contributed by atoms with Crippen LogP contribution in [0.5, 0.6) is 0 Å². The lowest BCUT2D eigenvalue weighted by Gasteiger charge is -2.51. The zero-order chi connectivity index (χ0) is 50.5. The Balaban J connectivity index is 1.42. The molecule has 68 heavy (non-hydrogen) atoms. The Morgan fingerprint density at radius 1 is 0.515 bits per heavy atom. The lowest BCUT2D eigenvalue weighted by molar-refractivity contribution is -0.152. The van der Waals surface area contributed by atoms with E-state index >= 15 is 0 Å². The van der Waals surface area contributed by atoms with Gasteiger partial charge in [-0.2, -0.15) is 0 Å². The van der Waals surface area contributed by atoms with Crippen LogP contribution in [-0.2, 0) is 74.6 Å². The quantitative estimate of drug-likeness (QED) is 0.0723. The van der Waals surface area contributed by atoms with Crippen LogP contribution in [0.15, 0.2) is 0 Å². The number of amides is 6. The Hall–Kier alpha value is -3.87. The number of Topliss-reactive ketones (excluding diaryl/α,β-unsaturated/α-hetero) is 6.